The minimum absolute atomic E-state index is 0.00718. The fraction of sp³-hybridized carbons (Fsp3) is 0.545. The predicted molar refractivity (Wildman–Crippen MR) is 70.3 cm³/mol. The molecule has 0 saturated heterocycles. The Hall–Kier alpha value is -1.64. The van der Waals surface area contributed by atoms with E-state index in [1.807, 2.05) is 0 Å². The van der Waals surface area contributed by atoms with Crippen LogP contribution in [0.4, 0.5) is 23.9 Å². The topological polar surface area (TPSA) is 76.4 Å². The zero-order chi connectivity index (χ0) is 15.1. The number of ether oxygens (including phenoxy) is 1. The molecule has 1 aromatic heterocycles. The predicted octanol–water partition coefficient (Wildman–Crippen LogP) is 2.21. The number of nitrogens with one attached hydrogen (secondary N) is 2. The van der Waals surface area contributed by atoms with Gasteiger partial charge in [0, 0.05) is 7.05 Å². The smallest absolute Gasteiger partial charge is 0.411 e. The Morgan fingerprint density at radius 3 is 2.45 bits per heavy atom. The lowest BCUT2D eigenvalue weighted by Gasteiger charge is -2.21. The van der Waals surface area contributed by atoms with Crippen LogP contribution in [-0.4, -0.2) is 31.8 Å². The Morgan fingerprint density at radius 1 is 1.45 bits per heavy atom. The van der Waals surface area contributed by atoms with Crippen molar-refractivity contribution in [3.8, 4) is 5.75 Å². The second kappa shape index (κ2) is 4.72. The number of methoxy groups -OCH3 is 1. The summed E-state index contributed by atoms with van der Waals surface area (Å²) < 4.78 is 43.8. The number of thiophene rings is 1. The van der Waals surface area contributed by atoms with Gasteiger partial charge in [-0.25, -0.2) is 0 Å². The van der Waals surface area contributed by atoms with Crippen LogP contribution >= 0.6 is 11.3 Å². The lowest BCUT2D eigenvalue weighted by molar-refractivity contribution is -0.151. The van der Waals surface area contributed by atoms with E-state index in [1.54, 1.807) is 0 Å². The molecule has 1 fully saturated rings. The third-order valence-corrected chi connectivity index (χ3v) is 4.28. The Morgan fingerprint density at radius 2 is 2.05 bits per heavy atom. The molecule has 1 aliphatic carbocycles. The van der Waals surface area contributed by atoms with Crippen molar-refractivity contribution in [3.63, 3.8) is 0 Å². The van der Waals surface area contributed by atoms with E-state index in [2.05, 4.69) is 10.6 Å². The molecule has 0 atom stereocenters. The molecule has 20 heavy (non-hydrogen) atoms. The normalized spacial score (nSPS) is 16.6. The first-order chi connectivity index (χ1) is 9.25. The van der Waals surface area contributed by atoms with E-state index in [1.165, 1.54) is 14.2 Å². The number of hydrogen-bond donors (Lipinski definition) is 3. The number of anilines is 2. The van der Waals surface area contributed by atoms with Gasteiger partial charge in [0.15, 0.2) is 5.75 Å². The maximum atomic E-state index is 12.9. The largest absolute Gasteiger partial charge is 0.492 e. The number of nitrogens with two attached hydrogens (primary N) is 1. The van der Waals surface area contributed by atoms with E-state index in [0.29, 0.717) is 0 Å². The van der Waals surface area contributed by atoms with Crippen LogP contribution in [0.1, 0.15) is 22.5 Å². The third kappa shape index (κ3) is 2.26. The van der Waals surface area contributed by atoms with Crippen LogP contribution < -0.4 is 21.1 Å². The summed E-state index contributed by atoms with van der Waals surface area (Å²) >= 11 is 0.853. The average Bonchev–Trinajstić information content (AvgIpc) is 3.09. The summed E-state index contributed by atoms with van der Waals surface area (Å²) in [6.07, 6.45) is -4.37. The van der Waals surface area contributed by atoms with Gasteiger partial charge in [0.25, 0.3) is 5.91 Å². The Balaban J connectivity index is 2.36. The monoisotopic (exact) mass is 309 g/mol. The second-order valence-corrected chi connectivity index (χ2v) is 5.51. The van der Waals surface area contributed by atoms with Crippen molar-refractivity contribution in [2.45, 2.75) is 24.6 Å². The molecule has 1 aliphatic rings. The maximum Gasteiger partial charge on any atom is 0.411 e. The minimum Gasteiger partial charge on any atom is -0.492 e. The van der Waals surface area contributed by atoms with E-state index >= 15 is 0 Å². The van der Waals surface area contributed by atoms with Gasteiger partial charge >= 0.3 is 6.18 Å². The fourth-order valence-corrected chi connectivity index (χ4v) is 2.95. The average molecular weight is 309 g/mol. The molecule has 1 heterocycles. The highest BCUT2D eigenvalue weighted by molar-refractivity contribution is 7.19. The van der Waals surface area contributed by atoms with Crippen molar-refractivity contribution in [3.05, 3.63) is 4.88 Å². The highest BCUT2D eigenvalue weighted by Gasteiger charge is 2.64. The van der Waals surface area contributed by atoms with Gasteiger partial charge in [-0.1, -0.05) is 0 Å². The van der Waals surface area contributed by atoms with Crippen LogP contribution in [0.25, 0.3) is 0 Å². The number of amides is 1. The van der Waals surface area contributed by atoms with Crippen LogP contribution in [0.15, 0.2) is 0 Å². The molecule has 0 unspecified atom stereocenters. The molecule has 2 rings (SSSR count). The number of nitrogen functional groups attached to an aromatic ring is 1. The third-order valence-electron chi connectivity index (χ3n) is 3.18. The summed E-state index contributed by atoms with van der Waals surface area (Å²) in [5.41, 5.74) is 3.85. The van der Waals surface area contributed by atoms with Gasteiger partial charge < -0.3 is 21.1 Å². The van der Waals surface area contributed by atoms with E-state index in [0.717, 1.165) is 11.3 Å². The van der Waals surface area contributed by atoms with E-state index < -0.39 is 17.6 Å². The van der Waals surface area contributed by atoms with Crippen LogP contribution in [0.5, 0.6) is 5.75 Å². The summed E-state index contributed by atoms with van der Waals surface area (Å²) in [6.45, 7) is 0. The molecule has 112 valence electrons. The van der Waals surface area contributed by atoms with Gasteiger partial charge in [0.05, 0.1) is 7.11 Å². The highest BCUT2D eigenvalue weighted by atomic mass is 32.1. The summed E-state index contributed by atoms with van der Waals surface area (Å²) in [5, 5.41) is 4.94. The molecule has 1 saturated carbocycles. The van der Waals surface area contributed by atoms with Crippen LogP contribution in [0, 0.1) is 0 Å². The molecule has 9 heteroatoms. The summed E-state index contributed by atoms with van der Waals surface area (Å²) in [7, 11) is 2.71. The molecule has 0 aromatic carbocycles. The zero-order valence-electron chi connectivity index (χ0n) is 10.9. The lowest BCUT2D eigenvalue weighted by atomic mass is 10.2. The number of alkyl halides is 3. The standard InChI is InChI=1S/C11H14F3N3O2S/c1-16-8(18)7-5(15)6(19-2)9(20-7)17-10(3-4-10)11(12,13)14/h17H,3-4,15H2,1-2H3,(H,16,18). The van der Waals surface area contributed by atoms with Crippen molar-refractivity contribution < 1.29 is 22.7 Å². The SMILES string of the molecule is CNC(=O)c1sc(NC2(C(F)(F)F)CC2)c(OC)c1N. The van der Waals surface area contributed by atoms with Crippen molar-refractivity contribution >= 4 is 27.9 Å². The Kier molecular flexibility index (Phi) is 3.49. The summed E-state index contributed by atoms with van der Waals surface area (Å²) in [5.74, 6) is -0.389. The molecular weight excluding hydrogens is 295 g/mol. The lowest BCUT2D eigenvalue weighted by Crippen LogP contribution is -2.38. The molecule has 1 amide bonds. The maximum absolute atomic E-state index is 12.9. The van der Waals surface area contributed by atoms with Gasteiger partial charge in [-0.15, -0.1) is 11.3 Å². The molecule has 0 radical (unpaired) electrons. The quantitative estimate of drug-likeness (QED) is 0.797. The van der Waals surface area contributed by atoms with Crippen molar-refractivity contribution in [1.29, 1.82) is 0 Å². The van der Waals surface area contributed by atoms with Crippen LogP contribution in [0.3, 0.4) is 0 Å². The molecular formula is C11H14F3N3O2S. The Labute approximate surface area is 117 Å². The first-order valence-electron chi connectivity index (χ1n) is 5.79. The number of halogens is 3. The van der Waals surface area contributed by atoms with Crippen molar-refractivity contribution in [2.24, 2.45) is 0 Å². The van der Waals surface area contributed by atoms with Gasteiger partial charge in [-0.3, -0.25) is 4.79 Å². The number of carbonyl (C=O) groups excluding carboxylic acids is 1. The molecule has 0 spiro atoms. The number of hydrogen-bond acceptors (Lipinski definition) is 5. The molecule has 5 nitrogen and oxygen atoms in total. The molecule has 0 bridgehead atoms. The first kappa shape index (κ1) is 14.8. The number of rotatable bonds is 4. The summed E-state index contributed by atoms with van der Waals surface area (Å²) in [6, 6.07) is 0. The van der Waals surface area contributed by atoms with Gasteiger partial charge in [-0.05, 0) is 12.8 Å². The van der Waals surface area contributed by atoms with Crippen molar-refractivity contribution in [1.82, 2.24) is 5.32 Å². The first-order valence-corrected chi connectivity index (χ1v) is 6.60. The van der Waals surface area contributed by atoms with Crippen molar-refractivity contribution in [2.75, 3.05) is 25.2 Å². The molecule has 4 N–H and O–H groups in total. The van der Waals surface area contributed by atoms with E-state index in [4.69, 9.17) is 10.5 Å². The number of carbonyl (C=O) groups is 1. The molecule has 0 aliphatic heterocycles. The minimum atomic E-state index is -4.36. The van der Waals surface area contributed by atoms with Gasteiger partial charge in [0.1, 0.15) is 21.1 Å². The van der Waals surface area contributed by atoms with E-state index in [-0.39, 0.29) is 34.2 Å². The zero-order valence-corrected chi connectivity index (χ0v) is 11.7. The van der Waals surface area contributed by atoms with Gasteiger partial charge in [0.2, 0.25) is 0 Å². The molecule has 1 aromatic rings. The second-order valence-electron chi connectivity index (χ2n) is 4.49. The highest BCUT2D eigenvalue weighted by Crippen LogP contribution is 2.54. The fourth-order valence-electron chi connectivity index (χ4n) is 1.82. The van der Waals surface area contributed by atoms with Gasteiger partial charge in [-0.2, -0.15) is 13.2 Å². The van der Waals surface area contributed by atoms with Crippen LogP contribution in [-0.2, 0) is 0 Å². The Bertz CT molecular complexity index is 538. The van der Waals surface area contributed by atoms with Crippen LogP contribution in [0.2, 0.25) is 0 Å². The van der Waals surface area contributed by atoms with E-state index in [9.17, 15) is 18.0 Å². The summed E-state index contributed by atoms with van der Waals surface area (Å²) in [4.78, 5) is 11.7.